The summed E-state index contributed by atoms with van der Waals surface area (Å²) in [5.74, 6) is 8.52. The normalized spacial score (nSPS) is 13.9. The first-order chi connectivity index (χ1) is 10.2. The minimum absolute atomic E-state index is 0.439. The van der Waals surface area contributed by atoms with Crippen LogP contribution in [0, 0.1) is 0 Å². The van der Waals surface area contributed by atoms with E-state index in [2.05, 4.69) is 15.4 Å². The summed E-state index contributed by atoms with van der Waals surface area (Å²) in [5, 5.41) is 0. The molecule has 110 valence electrons. The van der Waals surface area contributed by atoms with Gasteiger partial charge in [-0.15, -0.1) is 0 Å². The molecular formula is C15H19N5O. The number of benzene rings is 1. The fraction of sp³-hybridized carbons (Fsp3) is 0.333. The topological polar surface area (TPSA) is 76.3 Å². The van der Waals surface area contributed by atoms with Crippen molar-refractivity contribution in [3.63, 3.8) is 0 Å². The van der Waals surface area contributed by atoms with Gasteiger partial charge in [-0.05, 0) is 25.0 Å². The van der Waals surface area contributed by atoms with E-state index < -0.39 is 0 Å². The Bertz CT molecular complexity index is 640. The highest BCUT2D eigenvalue weighted by Gasteiger charge is 2.27. The van der Waals surface area contributed by atoms with Gasteiger partial charge in [0, 0.05) is 37.8 Å². The molecule has 3 N–H and O–H groups in total. The number of rotatable bonds is 5. The Labute approximate surface area is 123 Å². The Morgan fingerprint density at radius 2 is 2.05 bits per heavy atom. The maximum atomic E-state index is 5.86. The van der Waals surface area contributed by atoms with Gasteiger partial charge in [-0.3, -0.25) is 0 Å². The average Bonchev–Trinajstić information content (AvgIpc) is 3.31. The van der Waals surface area contributed by atoms with Gasteiger partial charge < -0.3 is 15.1 Å². The monoisotopic (exact) mass is 285 g/mol. The summed E-state index contributed by atoms with van der Waals surface area (Å²) in [6.07, 6.45) is 2.26. The summed E-state index contributed by atoms with van der Waals surface area (Å²) in [6.45, 7) is 0. The number of anilines is 2. The third kappa shape index (κ3) is 3.22. The summed E-state index contributed by atoms with van der Waals surface area (Å²) in [4.78, 5) is 10.9. The summed E-state index contributed by atoms with van der Waals surface area (Å²) >= 11 is 0. The van der Waals surface area contributed by atoms with Gasteiger partial charge in [0.1, 0.15) is 17.4 Å². The smallest absolute Gasteiger partial charge is 0.224 e. The van der Waals surface area contributed by atoms with Crippen molar-refractivity contribution in [1.82, 2.24) is 9.97 Å². The molecule has 0 spiro atoms. The Balaban J connectivity index is 1.86. The number of hydrogen-bond acceptors (Lipinski definition) is 6. The van der Waals surface area contributed by atoms with Gasteiger partial charge in [0.25, 0.3) is 0 Å². The molecule has 1 aliphatic carbocycles. The van der Waals surface area contributed by atoms with Crippen molar-refractivity contribution in [2.24, 2.45) is 5.84 Å². The molecule has 0 amide bonds. The minimum Gasteiger partial charge on any atom is -0.439 e. The molecule has 2 aromatic rings. The van der Waals surface area contributed by atoms with Gasteiger partial charge >= 0.3 is 0 Å². The lowest BCUT2D eigenvalue weighted by atomic mass is 10.3. The SMILES string of the molecule is CN(C)c1cccc(Oc2cc(NN)nc(C3CC3)n2)c1. The number of aromatic nitrogens is 2. The number of hydrazine groups is 1. The third-order valence-corrected chi connectivity index (χ3v) is 3.37. The second-order valence-corrected chi connectivity index (χ2v) is 5.36. The third-order valence-electron chi connectivity index (χ3n) is 3.37. The lowest BCUT2D eigenvalue weighted by Crippen LogP contribution is -2.10. The summed E-state index contributed by atoms with van der Waals surface area (Å²) in [6, 6.07) is 9.55. The molecule has 21 heavy (non-hydrogen) atoms. The lowest BCUT2D eigenvalue weighted by molar-refractivity contribution is 0.459. The van der Waals surface area contributed by atoms with E-state index in [-0.39, 0.29) is 0 Å². The number of hydrogen-bond donors (Lipinski definition) is 2. The van der Waals surface area contributed by atoms with Crippen molar-refractivity contribution < 1.29 is 4.74 Å². The maximum absolute atomic E-state index is 5.86. The van der Waals surface area contributed by atoms with Crippen molar-refractivity contribution in [2.75, 3.05) is 24.4 Å². The molecule has 6 nitrogen and oxygen atoms in total. The van der Waals surface area contributed by atoms with Gasteiger partial charge in [0.05, 0.1) is 0 Å². The van der Waals surface area contributed by atoms with Crippen LogP contribution < -0.4 is 20.9 Å². The summed E-state index contributed by atoms with van der Waals surface area (Å²) in [7, 11) is 3.98. The second kappa shape index (κ2) is 5.57. The zero-order valence-corrected chi connectivity index (χ0v) is 12.2. The average molecular weight is 285 g/mol. The first kappa shape index (κ1) is 13.6. The van der Waals surface area contributed by atoms with Gasteiger partial charge in [0.15, 0.2) is 0 Å². The highest BCUT2D eigenvalue weighted by Crippen LogP contribution is 2.39. The zero-order valence-electron chi connectivity index (χ0n) is 12.2. The molecule has 0 radical (unpaired) electrons. The van der Waals surface area contributed by atoms with Gasteiger partial charge in [-0.1, -0.05) is 6.07 Å². The van der Waals surface area contributed by atoms with Crippen LogP contribution in [-0.4, -0.2) is 24.1 Å². The van der Waals surface area contributed by atoms with Crippen LogP contribution in [0.2, 0.25) is 0 Å². The molecule has 1 aromatic carbocycles. The molecule has 1 saturated carbocycles. The molecule has 0 unspecified atom stereocenters. The van der Waals surface area contributed by atoms with E-state index in [0.717, 1.165) is 30.1 Å². The maximum Gasteiger partial charge on any atom is 0.224 e. The van der Waals surface area contributed by atoms with Crippen LogP contribution in [0.1, 0.15) is 24.6 Å². The quantitative estimate of drug-likeness (QED) is 0.649. The predicted molar refractivity (Wildman–Crippen MR) is 82.7 cm³/mol. The molecule has 0 bridgehead atoms. The van der Waals surface area contributed by atoms with Crippen LogP contribution in [0.15, 0.2) is 30.3 Å². The van der Waals surface area contributed by atoms with Gasteiger partial charge in [-0.25, -0.2) is 10.8 Å². The summed E-state index contributed by atoms with van der Waals surface area (Å²) < 4.78 is 5.86. The van der Waals surface area contributed by atoms with E-state index in [9.17, 15) is 0 Å². The van der Waals surface area contributed by atoms with Crippen LogP contribution in [0.3, 0.4) is 0 Å². The number of nitrogens with zero attached hydrogens (tertiary/aromatic N) is 3. The molecule has 3 rings (SSSR count). The highest BCUT2D eigenvalue weighted by atomic mass is 16.5. The van der Waals surface area contributed by atoms with Crippen LogP contribution in [-0.2, 0) is 0 Å². The lowest BCUT2D eigenvalue weighted by Gasteiger charge is -2.14. The highest BCUT2D eigenvalue weighted by molar-refractivity contribution is 5.50. The molecule has 1 aromatic heterocycles. The van der Waals surface area contributed by atoms with Crippen LogP contribution in [0.25, 0.3) is 0 Å². The molecule has 0 atom stereocenters. The standard InChI is InChI=1S/C15H19N5O/c1-20(2)11-4-3-5-12(8-11)21-14-9-13(19-16)17-15(18-14)10-6-7-10/h3-5,8-10H,6-7,16H2,1-2H3,(H,17,18,19). The molecule has 0 saturated heterocycles. The molecule has 1 fully saturated rings. The Morgan fingerprint density at radius 1 is 1.24 bits per heavy atom. The fourth-order valence-corrected chi connectivity index (χ4v) is 2.04. The molecule has 1 aliphatic rings. The minimum atomic E-state index is 0.439. The molecule has 0 aliphatic heterocycles. The Kier molecular flexibility index (Phi) is 3.62. The second-order valence-electron chi connectivity index (χ2n) is 5.36. The van der Waals surface area contributed by atoms with E-state index in [1.54, 1.807) is 6.07 Å². The summed E-state index contributed by atoms with van der Waals surface area (Å²) in [5.41, 5.74) is 3.64. The van der Waals surface area contributed by atoms with Crippen LogP contribution in [0.5, 0.6) is 11.6 Å². The predicted octanol–water partition coefficient (Wildman–Crippen LogP) is 2.50. The number of ether oxygens (including phenoxy) is 1. The molecule has 6 heteroatoms. The van der Waals surface area contributed by atoms with E-state index >= 15 is 0 Å². The van der Waals surface area contributed by atoms with E-state index in [1.165, 1.54) is 0 Å². The van der Waals surface area contributed by atoms with Crippen molar-refractivity contribution in [1.29, 1.82) is 0 Å². The van der Waals surface area contributed by atoms with Crippen molar-refractivity contribution in [2.45, 2.75) is 18.8 Å². The van der Waals surface area contributed by atoms with E-state index in [0.29, 0.717) is 17.6 Å². The largest absolute Gasteiger partial charge is 0.439 e. The Hall–Kier alpha value is -2.34. The van der Waals surface area contributed by atoms with E-state index in [1.807, 2.05) is 43.3 Å². The molecular weight excluding hydrogens is 266 g/mol. The van der Waals surface area contributed by atoms with Crippen molar-refractivity contribution in [3.8, 4) is 11.6 Å². The number of nitrogen functional groups attached to an aromatic ring is 1. The van der Waals surface area contributed by atoms with Crippen LogP contribution >= 0.6 is 0 Å². The van der Waals surface area contributed by atoms with Crippen molar-refractivity contribution >= 4 is 11.5 Å². The first-order valence-electron chi connectivity index (χ1n) is 6.96. The van der Waals surface area contributed by atoms with Crippen LogP contribution in [0.4, 0.5) is 11.5 Å². The number of nitrogens with one attached hydrogen (secondary N) is 1. The Morgan fingerprint density at radius 3 is 2.71 bits per heavy atom. The zero-order chi connectivity index (χ0) is 14.8. The first-order valence-corrected chi connectivity index (χ1v) is 6.96. The van der Waals surface area contributed by atoms with Crippen molar-refractivity contribution in [3.05, 3.63) is 36.2 Å². The number of nitrogens with two attached hydrogens (primary N) is 1. The fourth-order valence-electron chi connectivity index (χ4n) is 2.04. The van der Waals surface area contributed by atoms with Gasteiger partial charge in [0.2, 0.25) is 5.88 Å². The van der Waals surface area contributed by atoms with E-state index in [4.69, 9.17) is 10.6 Å². The van der Waals surface area contributed by atoms with Gasteiger partial charge in [-0.2, -0.15) is 4.98 Å². The molecule has 1 heterocycles.